The molecule has 1 fully saturated rings. The smallest absolute Gasteiger partial charge is 0.221 e. The van der Waals surface area contributed by atoms with Gasteiger partial charge >= 0.3 is 0 Å². The highest BCUT2D eigenvalue weighted by atomic mass is 32.1. The van der Waals surface area contributed by atoms with Crippen LogP contribution in [0.5, 0.6) is 0 Å². The summed E-state index contributed by atoms with van der Waals surface area (Å²) in [5, 5.41) is 10.0. The molecular weight excluding hydrogens is 322 g/mol. The number of thiophene rings is 1. The topological polar surface area (TPSA) is 61.4 Å². The second-order valence-corrected chi connectivity index (χ2v) is 7.68. The van der Waals surface area contributed by atoms with Crippen LogP contribution in [0.25, 0.3) is 0 Å². The number of rotatable bonds is 8. The van der Waals surface area contributed by atoms with Gasteiger partial charge in [0.1, 0.15) is 0 Å². The third kappa shape index (κ3) is 5.60. The highest BCUT2D eigenvalue weighted by Crippen LogP contribution is 2.24. The minimum Gasteiger partial charge on any atom is -0.359 e. The largest absolute Gasteiger partial charge is 0.359 e. The van der Waals surface area contributed by atoms with Crippen LogP contribution < -0.4 is 10.6 Å². The van der Waals surface area contributed by atoms with Crippen LogP contribution in [0.1, 0.15) is 32.3 Å². The fourth-order valence-corrected chi connectivity index (χ4v) is 3.98. The van der Waals surface area contributed by atoms with Crippen LogP contribution in [0.15, 0.2) is 16.8 Å². The molecule has 0 saturated carbocycles. The molecule has 134 valence electrons. The van der Waals surface area contributed by atoms with Crippen molar-refractivity contribution >= 4 is 23.2 Å². The zero-order chi connectivity index (χ0) is 17.5. The molecule has 1 saturated heterocycles. The molecule has 1 aromatic heterocycles. The molecule has 1 aliphatic heterocycles. The molecule has 2 N–H and O–H groups in total. The van der Waals surface area contributed by atoms with E-state index in [2.05, 4.69) is 40.8 Å². The molecule has 0 aliphatic carbocycles. The fourth-order valence-electron chi connectivity index (χ4n) is 3.28. The molecule has 0 spiro atoms. The van der Waals surface area contributed by atoms with Gasteiger partial charge in [-0.15, -0.1) is 0 Å². The highest BCUT2D eigenvalue weighted by molar-refractivity contribution is 7.07. The van der Waals surface area contributed by atoms with Gasteiger partial charge in [0, 0.05) is 45.6 Å². The van der Waals surface area contributed by atoms with Gasteiger partial charge < -0.3 is 15.5 Å². The van der Waals surface area contributed by atoms with Crippen LogP contribution in [-0.2, 0) is 16.0 Å². The van der Waals surface area contributed by atoms with E-state index in [1.54, 1.807) is 18.4 Å². The number of carbonyl (C=O) groups excluding carboxylic acids is 2. The van der Waals surface area contributed by atoms with Gasteiger partial charge in [0.2, 0.25) is 11.8 Å². The van der Waals surface area contributed by atoms with Gasteiger partial charge in [-0.05, 0) is 40.6 Å². The van der Waals surface area contributed by atoms with Gasteiger partial charge in [-0.25, -0.2) is 0 Å². The normalized spacial score (nSPS) is 21.2. The number of carbonyl (C=O) groups is 2. The summed E-state index contributed by atoms with van der Waals surface area (Å²) in [5.74, 6) is 1.15. The van der Waals surface area contributed by atoms with E-state index in [0.717, 1.165) is 26.1 Å². The summed E-state index contributed by atoms with van der Waals surface area (Å²) < 4.78 is 0. The first kappa shape index (κ1) is 18.9. The van der Waals surface area contributed by atoms with E-state index in [-0.39, 0.29) is 17.9 Å². The van der Waals surface area contributed by atoms with Crippen molar-refractivity contribution < 1.29 is 9.59 Å². The summed E-state index contributed by atoms with van der Waals surface area (Å²) in [7, 11) is 1.67. The molecule has 0 bridgehead atoms. The standard InChI is InChI=1S/C18H29N3O2S/c1-13(2)15-10-21(8-6-17(22)19-3)11-16(15)20-18(23)5-4-14-7-9-24-12-14/h7,9,12-13,15-16H,4-6,8,10-11H2,1-3H3,(H,19,22)(H,20,23)/t15-,16+/m1/s1. The Bertz CT molecular complexity index is 530. The van der Waals surface area contributed by atoms with E-state index < -0.39 is 0 Å². The van der Waals surface area contributed by atoms with Crippen LogP contribution >= 0.6 is 11.3 Å². The molecule has 2 heterocycles. The number of nitrogens with one attached hydrogen (secondary N) is 2. The van der Waals surface area contributed by atoms with Gasteiger partial charge in [0.15, 0.2) is 0 Å². The van der Waals surface area contributed by atoms with E-state index in [9.17, 15) is 9.59 Å². The molecule has 5 nitrogen and oxygen atoms in total. The Kier molecular flexibility index (Phi) is 7.24. The quantitative estimate of drug-likeness (QED) is 0.752. The maximum absolute atomic E-state index is 12.3. The number of hydrogen-bond acceptors (Lipinski definition) is 4. The van der Waals surface area contributed by atoms with E-state index in [1.165, 1.54) is 5.56 Å². The molecular formula is C18H29N3O2S. The fraction of sp³-hybridized carbons (Fsp3) is 0.667. The predicted octanol–water partition coefficient (Wildman–Crippen LogP) is 1.89. The summed E-state index contributed by atoms with van der Waals surface area (Å²) in [6.45, 7) is 6.95. The molecule has 0 aromatic carbocycles. The van der Waals surface area contributed by atoms with Crippen LogP contribution in [0, 0.1) is 11.8 Å². The lowest BCUT2D eigenvalue weighted by Crippen LogP contribution is -2.42. The van der Waals surface area contributed by atoms with Crippen LogP contribution in [0.3, 0.4) is 0 Å². The molecule has 0 radical (unpaired) electrons. The number of likely N-dealkylation sites (tertiary alicyclic amines) is 1. The Balaban J connectivity index is 1.82. The lowest BCUT2D eigenvalue weighted by Gasteiger charge is -2.23. The minimum absolute atomic E-state index is 0.0688. The minimum atomic E-state index is 0.0688. The van der Waals surface area contributed by atoms with E-state index >= 15 is 0 Å². The van der Waals surface area contributed by atoms with Crippen molar-refractivity contribution in [3.05, 3.63) is 22.4 Å². The Morgan fingerprint density at radius 2 is 2.08 bits per heavy atom. The average Bonchev–Trinajstić information content (AvgIpc) is 3.20. The van der Waals surface area contributed by atoms with Crippen LogP contribution in [-0.4, -0.2) is 49.4 Å². The SMILES string of the molecule is CNC(=O)CCN1C[C@H](NC(=O)CCc2ccsc2)[C@@H](C(C)C)C1. The molecule has 24 heavy (non-hydrogen) atoms. The third-order valence-electron chi connectivity index (χ3n) is 4.80. The summed E-state index contributed by atoms with van der Waals surface area (Å²) >= 11 is 1.67. The molecule has 2 rings (SSSR count). The average molecular weight is 352 g/mol. The van der Waals surface area contributed by atoms with E-state index in [4.69, 9.17) is 0 Å². The van der Waals surface area contributed by atoms with E-state index in [0.29, 0.717) is 24.7 Å². The number of aryl methyl sites for hydroxylation is 1. The molecule has 2 atom stereocenters. The summed E-state index contributed by atoms with van der Waals surface area (Å²) in [6.07, 6.45) is 1.85. The molecule has 1 aliphatic rings. The van der Waals surface area contributed by atoms with Crippen molar-refractivity contribution in [1.82, 2.24) is 15.5 Å². The first-order valence-electron chi connectivity index (χ1n) is 8.73. The van der Waals surface area contributed by atoms with Crippen LogP contribution in [0.2, 0.25) is 0 Å². The maximum Gasteiger partial charge on any atom is 0.221 e. The van der Waals surface area contributed by atoms with Crippen molar-refractivity contribution in [2.75, 3.05) is 26.7 Å². The third-order valence-corrected chi connectivity index (χ3v) is 5.53. The first-order valence-corrected chi connectivity index (χ1v) is 9.67. The Morgan fingerprint density at radius 1 is 1.29 bits per heavy atom. The predicted molar refractivity (Wildman–Crippen MR) is 98.0 cm³/mol. The Morgan fingerprint density at radius 3 is 2.71 bits per heavy atom. The van der Waals surface area contributed by atoms with Crippen molar-refractivity contribution in [1.29, 1.82) is 0 Å². The first-order chi connectivity index (χ1) is 11.5. The second kappa shape index (κ2) is 9.18. The monoisotopic (exact) mass is 351 g/mol. The van der Waals surface area contributed by atoms with Crippen molar-refractivity contribution in [3.63, 3.8) is 0 Å². The number of amides is 2. The highest BCUT2D eigenvalue weighted by Gasteiger charge is 2.35. The molecule has 0 unspecified atom stereocenters. The van der Waals surface area contributed by atoms with Crippen molar-refractivity contribution in [2.45, 2.75) is 39.2 Å². The molecule has 2 amide bonds. The van der Waals surface area contributed by atoms with Crippen LogP contribution in [0.4, 0.5) is 0 Å². The van der Waals surface area contributed by atoms with Crippen molar-refractivity contribution in [2.24, 2.45) is 11.8 Å². The summed E-state index contributed by atoms with van der Waals surface area (Å²) in [4.78, 5) is 26.0. The van der Waals surface area contributed by atoms with Gasteiger partial charge in [0.25, 0.3) is 0 Å². The summed E-state index contributed by atoms with van der Waals surface area (Å²) in [5.41, 5.74) is 1.23. The molecule has 6 heteroatoms. The van der Waals surface area contributed by atoms with Gasteiger partial charge in [-0.3, -0.25) is 9.59 Å². The Hall–Kier alpha value is -1.40. The lowest BCUT2D eigenvalue weighted by atomic mass is 9.91. The van der Waals surface area contributed by atoms with E-state index in [1.807, 2.05) is 5.38 Å². The van der Waals surface area contributed by atoms with Gasteiger partial charge in [0.05, 0.1) is 0 Å². The number of nitrogens with zero attached hydrogens (tertiary/aromatic N) is 1. The maximum atomic E-state index is 12.3. The van der Waals surface area contributed by atoms with Crippen molar-refractivity contribution in [3.8, 4) is 0 Å². The number of hydrogen-bond donors (Lipinski definition) is 2. The lowest BCUT2D eigenvalue weighted by molar-refractivity contribution is -0.122. The molecule has 1 aromatic rings. The summed E-state index contributed by atoms with van der Waals surface area (Å²) in [6, 6.07) is 2.26. The van der Waals surface area contributed by atoms with Gasteiger partial charge in [-0.2, -0.15) is 11.3 Å². The van der Waals surface area contributed by atoms with Gasteiger partial charge in [-0.1, -0.05) is 13.8 Å². The zero-order valence-electron chi connectivity index (χ0n) is 14.9. The Labute approximate surface area is 148 Å². The second-order valence-electron chi connectivity index (χ2n) is 6.90. The zero-order valence-corrected chi connectivity index (χ0v) is 15.7.